The van der Waals surface area contributed by atoms with Gasteiger partial charge in [-0.25, -0.2) is 4.99 Å². The number of anilines is 1. The first kappa shape index (κ1) is 20.0. The Balaban J connectivity index is 1.55. The predicted molar refractivity (Wildman–Crippen MR) is 132 cm³/mol. The fourth-order valence-electron chi connectivity index (χ4n) is 3.73. The molecule has 2 heterocycles. The highest BCUT2D eigenvalue weighted by molar-refractivity contribution is 8.19. The summed E-state index contributed by atoms with van der Waals surface area (Å²) in [6.07, 6.45) is 0. The molecule has 3 aromatic rings. The molecule has 0 N–H and O–H groups in total. The van der Waals surface area contributed by atoms with Crippen molar-refractivity contribution < 1.29 is 4.79 Å². The summed E-state index contributed by atoms with van der Waals surface area (Å²) in [5.41, 5.74) is 4.16. The topological polar surface area (TPSA) is 35.9 Å². The van der Waals surface area contributed by atoms with Gasteiger partial charge in [-0.3, -0.25) is 9.69 Å². The van der Waals surface area contributed by atoms with Crippen LogP contribution in [-0.2, 0) is 4.79 Å². The lowest BCUT2D eigenvalue weighted by Crippen LogP contribution is -2.29. The summed E-state index contributed by atoms with van der Waals surface area (Å²) < 4.78 is 0. The van der Waals surface area contributed by atoms with E-state index in [1.165, 1.54) is 16.7 Å². The van der Waals surface area contributed by atoms with Crippen LogP contribution in [0.25, 0.3) is 11.1 Å². The van der Waals surface area contributed by atoms with Crippen LogP contribution in [0.1, 0.15) is 6.92 Å². The van der Waals surface area contributed by atoms with Crippen LogP contribution in [0.3, 0.4) is 0 Å². The third kappa shape index (κ3) is 3.56. The zero-order valence-corrected chi connectivity index (χ0v) is 18.9. The summed E-state index contributed by atoms with van der Waals surface area (Å²) in [6, 6.07) is 26.5. The molecule has 1 fully saturated rings. The number of amidine groups is 1. The number of aliphatic imine (C=N–C) groups is 1. The molecule has 0 saturated carbocycles. The number of thioether (sulfide) groups is 2. The molecule has 154 valence electrons. The maximum Gasteiger partial charge on any atom is 0.269 e. The van der Waals surface area contributed by atoms with Crippen LogP contribution in [0.2, 0.25) is 0 Å². The van der Waals surface area contributed by atoms with Gasteiger partial charge in [-0.1, -0.05) is 72.4 Å². The highest BCUT2D eigenvalue weighted by atomic mass is 32.2. The van der Waals surface area contributed by atoms with Crippen LogP contribution in [-0.4, -0.2) is 29.6 Å². The summed E-state index contributed by atoms with van der Waals surface area (Å²) in [7, 11) is 2.02. The van der Waals surface area contributed by atoms with Crippen molar-refractivity contribution in [2.75, 3.05) is 18.5 Å². The average Bonchev–Trinajstić information content (AvgIpc) is 3.31. The molecule has 1 saturated heterocycles. The third-order valence-corrected chi connectivity index (χ3v) is 7.75. The second kappa shape index (κ2) is 8.29. The molecule has 3 aromatic carbocycles. The second-order valence-corrected chi connectivity index (χ2v) is 9.20. The van der Waals surface area contributed by atoms with E-state index in [4.69, 9.17) is 4.99 Å². The fraction of sp³-hybridized carbons (Fsp3) is 0.120. The Kier molecular flexibility index (Phi) is 5.34. The van der Waals surface area contributed by atoms with E-state index in [-0.39, 0.29) is 5.91 Å². The largest absolute Gasteiger partial charge is 0.337 e. The van der Waals surface area contributed by atoms with Gasteiger partial charge in [0, 0.05) is 24.1 Å². The molecule has 0 radical (unpaired) electrons. The molecular formula is C25H21N3OS2. The molecule has 5 rings (SSSR count). The molecule has 0 aliphatic carbocycles. The Morgan fingerprint density at radius 2 is 1.58 bits per heavy atom. The van der Waals surface area contributed by atoms with Crippen molar-refractivity contribution >= 4 is 46.0 Å². The van der Waals surface area contributed by atoms with Crippen LogP contribution >= 0.6 is 23.5 Å². The van der Waals surface area contributed by atoms with Crippen molar-refractivity contribution in [1.29, 1.82) is 0 Å². The zero-order valence-electron chi connectivity index (χ0n) is 17.3. The minimum atomic E-state index is 0.0191. The first-order chi connectivity index (χ1) is 15.2. The van der Waals surface area contributed by atoms with Crippen molar-refractivity contribution in [2.45, 2.75) is 11.8 Å². The Labute approximate surface area is 190 Å². The number of rotatable bonds is 3. The highest BCUT2D eigenvalue weighted by Gasteiger charge is 2.38. The first-order valence-electron chi connectivity index (χ1n) is 10.1. The maximum atomic E-state index is 13.3. The molecule has 2 aliphatic rings. The van der Waals surface area contributed by atoms with Crippen LogP contribution in [0, 0.1) is 0 Å². The molecule has 1 amide bonds. The number of amides is 1. The number of para-hydroxylation sites is 2. The zero-order chi connectivity index (χ0) is 21.4. The molecule has 2 aliphatic heterocycles. The molecule has 0 aromatic heterocycles. The lowest BCUT2D eigenvalue weighted by Gasteiger charge is -2.15. The molecule has 0 atom stereocenters. The Morgan fingerprint density at radius 1 is 0.871 bits per heavy atom. The van der Waals surface area contributed by atoms with Crippen LogP contribution in [0.15, 0.2) is 98.7 Å². The summed E-state index contributed by atoms with van der Waals surface area (Å²) in [4.78, 5) is 24.0. The molecule has 31 heavy (non-hydrogen) atoms. The Morgan fingerprint density at radius 3 is 2.35 bits per heavy atom. The normalized spacial score (nSPS) is 19.4. The lowest BCUT2D eigenvalue weighted by molar-refractivity contribution is -0.122. The number of fused-ring (bicyclic) bond motifs is 1. The van der Waals surface area contributed by atoms with E-state index in [0.717, 1.165) is 37.6 Å². The molecule has 4 nitrogen and oxygen atoms in total. The van der Waals surface area contributed by atoms with E-state index in [2.05, 4.69) is 35.2 Å². The number of carbonyl (C=O) groups is 1. The second-order valence-electron chi connectivity index (χ2n) is 7.19. The van der Waals surface area contributed by atoms with Gasteiger partial charge >= 0.3 is 0 Å². The number of benzene rings is 3. The average molecular weight is 444 g/mol. The van der Waals surface area contributed by atoms with E-state index in [1.807, 2.05) is 62.5 Å². The highest BCUT2D eigenvalue weighted by Crippen LogP contribution is 2.50. The standard InChI is InChI=1S/C25H21N3OS2/c1-3-28-23(29)22(24-27(2)20-15-9-10-16-21(20)30-24)31-25(28)26-19-14-8-7-13-18(19)17-11-5-4-6-12-17/h4-16H,3H2,1-2H3. The number of hydrogen-bond donors (Lipinski definition) is 0. The van der Waals surface area contributed by atoms with E-state index >= 15 is 0 Å². The fourth-order valence-corrected chi connectivity index (χ4v) is 6.13. The van der Waals surface area contributed by atoms with Gasteiger partial charge in [0.1, 0.15) is 4.91 Å². The first-order valence-corrected chi connectivity index (χ1v) is 11.8. The van der Waals surface area contributed by atoms with Gasteiger partial charge in [-0.2, -0.15) is 0 Å². The number of likely N-dealkylation sites (N-methyl/N-ethyl adjacent to an activating group) is 1. The van der Waals surface area contributed by atoms with Gasteiger partial charge in [0.15, 0.2) is 5.17 Å². The quantitative estimate of drug-likeness (QED) is 0.442. The summed E-state index contributed by atoms with van der Waals surface area (Å²) >= 11 is 3.11. The van der Waals surface area contributed by atoms with Gasteiger partial charge in [0.05, 0.1) is 16.4 Å². The smallest absolute Gasteiger partial charge is 0.269 e. The molecular weight excluding hydrogens is 422 g/mol. The predicted octanol–water partition coefficient (Wildman–Crippen LogP) is 6.35. The van der Waals surface area contributed by atoms with E-state index in [0.29, 0.717) is 6.54 Å². The summed E-state index contributed by atoms with van der Waals surface area (Å²) in [5.74, 6) is 0.0191. The van der Waals surface area contributed by atoms with Crippen LogP contribution in [0.5, 0.6) is 0 Å². The third-order valence-electron chi connectivity index (χ3n) is 5.32. The number of carbonyl (C=O) groups excluding carboxylic acids is 1. The van der Waals surface area contributed by atoms with Crippen molar-refractivity contribution in [3.05, 3.63) is 88.8 Å². The maximum absolute atomic E-state index is 13.3. The number of hydrogen-bond acceptors (Lipinski definition) is 5. The molecule has 0 unspecified atom stereocenters. The van der Waals surface area contributed by atoms with E-state index in [1.54, 1.807) is 16.7 Å². The van der Waals surface area contributed by atoms with Crippen molar-refractivity contribution in [3.8, 4) is 11.1 Å². The number of nitrogens with zero attached hydrogens (tertiary/aromatic N) is 3. The van der Waals surface area contributed by atoms with Crippen molar-refractivity contribution in [3.63, 3.8) is 0 Å². The summed E-state index contributed by atoms with van der Waals surface area (Å²) in [6.45, 7) is 2.57. The van der Waals surface area contributed by atoms with Gasteiger partial charge in [0.2, 0.25) is 0 Å². The minimum absolute atomic E-state index is 0.0191. The van der Waals surface area contributed by atoms with Gasteiger partial charge in [-0.05, 0) is 42.4 Å². The minimum Gasteiger partial charge on any atom is -0.337 e. The molecule has 0 bridgehead atoms. The van der Waals surface area contributed by atoms with E-state index in [9.17, 15) is 4.79 Å². The van der Waals surface area contributed by atoms with Crippen LogP contribution in [0.4, 0.5) is 11.4 Å². The van der Waals surface area contributed by atoms with Gasteiger partial charge < -0.3 is 4.90 Å². The van der Waals surface area contributed by atoms with E-state index < -0.39 is 0 Å². The Hall–Kier alpha value is -2.96. The van der Waals surface area contributed by atoms with Gasteiger partial charge in [-0.15, -0.1) is 0 Å². The van der Waals surface area contributed by atoms with Crippen molar-refractivity contribution in [1.82, 2.24) is 4.90 Å². The monoisotopic (exact) mass is 443 g/mol. The lowest BCUT2D eigenvalue weighted by atomic mass is 10.0. The summed E-state index contributed by atoms with van der Waals surface area (Å²) in [5, 5.41) is 1.69. The molecule has 6 heteroatoms. The van der Waals surface area contributed by atoms with Crippen molar-refractivity contribution in [2.24, 2.45) is 4.99 Å². The molecule has 0 spiro atoms. The SMILES string of the molecule is CCN1C(=O)C(=C2Sc3ccccc3N2C)SC1=Nc1ccccc1-c1ccccc1. The Bertz CT molecular complexity index is 1220. The van der Waals surface area contributed by atoms with Crippen LogP contribution < -0.4 is 4.90 Å². The van der Waals surface area contributed by atoms with Gasteiger partial charge in [0.25, 0.3) is 5.91 Å².